The number of carbonyl (C=O) groups is 1. The Labute approximate surface area is 156 Å². The molecule has 2 aromatic carbocycles. The number of nitrogens with one attached hydrogen (secondary N) is 1. The highest BCUT2D eigenvalue weighted by Gasteiger charge is 2.08. The van der Waals surface area contributed by atoms with Crippen molar-refractivity contribution in [1.29, 1.82) is 0 Å². The van der Waals surface area contributed by atoms with E-state index < -0.39 is 0 Å². The number of carbonyl (C=O) groups excluding carboxylic acids is 1. The van der Waals surface area contributed by atoms with Gasteiger partial charge in [0.1, 0.15) is 12.4 Å². The second kappa shape index (κ2) is 9.62. The van der Waals surface area contributed by atoms with Crippen molar-refractivity contribution in [3.05, 3.63) is 70.7 Å². The van der Waals surface area contributed by atoms with Crippen LogP contribution in [0.25, 0.3) is 0 Å². The summed E-state index contributed by atoms with van der Waals surface area (Å²) in [7, 11) is 0. The Balaban J connectivity index is 1.84. The Morgan fingerprint density at radius 1 is 1.21 bits per heavy atom. The maximum atomic E-state index is 12.0. The van der Waals surface area contributed by atoms with Gasteiger partial charge in [-0.05, 0) is 29.8 Å². The maximum Gasteiger partial charge on any atom is 0.234 e. The zero-order valence-corrected chi connectivity index (χ0v) is 15.3. The molecule has 126 valence electrons. The quantitative estimate of drug-likeness (QED) is 0.619. The van der Waals surface area contributed by atoms with E-state index in [4.69, 9.17) is 27.9 Å². The van der Waals surface area contributed by atoms with Crippen LogP contribution in [0.5, 0.6) is 5.75 Å². The monoisotopic (exact) mass is 381 g/mol. The van der Waals surface area contributed by atoms with Gasteiger partial charge in [-0.15, -0.1) is 11.8 Å². The first-order valence-corrected chi connectivity index (χ1v) is 9.15. The van der Waals surface area contributed by atoms with Crippen molar-refractivity contribution < 1.29 is 9.53 Å². The molecule has 0 bridgehead atoms. The van der Waals surface area contributed by atoms with Crippen molar-refractivity contribution in [2.75, 3.05) is 17.7 Å². The summed E-state index contributed by atoms with van der Waals surface area (Å²) in [6.45, 7) is 4.02. The lowest BCUT2D eigenvalue weighted by Gasteiger charge is -2.09. The molecular weight excluding hydrogens is 365 g/mol. The van der Waals surface area contributed by atoms with Crippen LogP contribution in [0.3, 0.4) is 0 Å². The molecule has 1 N–H and O–H groups in total. The summed E-state index contributed by atoms with van der Waals surface area (Å²) in [6.07, 6.45) is 1.67. The Bertz CT molecular complexity index is 702. The van der Waals surface area contributed by atoms with Gasteiger partial charge in [0.05, 0.1) is 5.75 Å². The second-order valence-electron chi connectivity index (χ2n) is 4.87. The molecule has 1 amide bonds. The van der Waals surface area contributed by atoms with E-state index in [1.54, 1.807) is 30.3 Å². The number of amides is 1. The predicted molar refractivity (Wildman–Crippen MR) is 103 cm³/mol. The fourth-order valence-electron chi connectivity index (χ4n) is 1.93. The molecular formula is C18H17Cl2NO2S. The molecule has 24 heavy (non-hydrogen) atoms. The summed E-state index contributed by atoms with van der Waals surface area (Å²) in [6, 6.07) is 12.6. The number of halogens is 2. The Hall–Kier alpha value is -1.62. The third kappa shape index (κ3) is 5.78. The fraction of sp³-hybridized carbons (Fsp3) is 0.167. The van der Waals surface area contributed by atoms with Crippen LogP contribution in [-0.2, 0) is 10.5 Å². The lowest BCUT2D eigenvalue weighted by atomic mass is 10.2. The average molecular weight is 382 g/mol. The first-order chi connectivity index (χ1) is 11.6. The molecule has 3 nitrogen and oxygen atoms in total. The minimum atomic E-state index is -0.0935. The minimum Gasteiger partial charge on any atom is -0.489 e. The molecule has 0 aliphatic rings. The topological polar surface area (TPSA) is 38.3 Å². The summed E-state index contributed by atoms with van der Waals surface area (Å²) in [5.41, 5.74) is 1.54. The highest BCUT2D eigenvalue weighted by molar-refractivity contribution is 7.99. The molecule has 0 atom stereocenters. The summed E-state index contributed by atoms with van der Waals surface area (Å²) in [5, 5.41) is 4.07. The SMILES string of the molecule is C=CCOc1cccc(NC(=O)CSCc2c(Cl)cccc2Cl)c1. The molecule has 0 heterocycles. The van der Waals surface area contributed by atoms with Crippen molar-refractivity contribution in [3.63, 3.8) is 0 Å². The van der Waals surface area contributed by atoms with Crippen molar-refractivity contribution in [1.82, 2.24) is 0 Å². The highest BCUT2D eigenvalue weighted by Crippen LogP contribution is 2.28. The highest BCUT2D eigenvalue weighted by atomic mass is 35.5. The van der Waals surface area contributed by atoms with Gasteiger partial charge in [0.2, 0.25) is 5.91 Å². The van der Waals surface area contributed by atoms with Crippen LogP contribution in [0.4, 0.5) is 5.69 Å². The zero-order chi connectivity index (χ0) is 17.4. The molecule has 0 radical (unpaired) electrons. The van der Waals surface area contributed by atoms with Crippen molar-refractivity contribution in [2.24, 2.45) is 0 Å². The van der Waals surface area contributed by atoms with Crippen LogP contribution in [0.2, 0.25) is 10.0 Å². The maximum absolute atomic E-state index is 12.0. The number of ether oxygens (including phenoxy) is 1. The van der Waals surface area contributed by atoms with Gasteiger partial charge in [-0.3, -0.25) is 4.79 Å². The van der Waals surface area contributed by atoms with Gasteiger partial charge in [0, 0.05) is 27.6 Å². The van der Waals surface area contributed by atoms with E-state index in [0.717, 1.165) is 5.56 Å². The molecule has 0 saturated carbocycles. The molecule has 0 saturated heterocycles. The van der Waals surface area contributed by atoms with E-state index in [-0.39, 0.29) is 5.91 Å². The largest absolute Gasteiger partial charge is 0.489 e. The zero-order valence-electron chi connectivity index (χ0n) is 12.9. The number of hydrogen-bond donors (Lipinski definition) is 1. The summed E-state index contributed by atoms with van der Waals surface area (Å²) >= 11 is 13.7. The normalized spacial score (nSPS) is 10.2. The summed E-state index contributed by atoms with van der Waals surface area (Å²) < 4.78 is 5.44. The first kappa shape index (κ1) is 18.7. The van der Waals surface area contributed by atoms with Crippen molar-refractivity contribution >= 4 is 46.6 Å². The Kier molecular flexibility index (Phi) is 7.50. The van der Waals surface area contributed by atoms with E-state index >= 15 is 0 Å². The van der Waals surface area contributed by atoms with Gasteiger partial charge in [-0.1, -0.05) is 48.0 Å². The lowest BCUT2D eigenvalue weighted by Crippen LogP contribution is -2.14. The molecule has 0 unspecified atom stereocenters. The smallest absolute Gasteiger partial charge is 0.234 e. The van der Waals surface area contributed by atoms with Crippen LogP contribution in [0.1, 0.15) is 5.56 Å². The molecule has 2 rings (SSSR count). The number of rotatable bonds is 8. The summed E-state index contributed by atoms with van der Waals surface area (Å²) in [5.74, 6) is 1.47. The van der Waals surface area contributed by atoms with Crippen LogP contribution in [0.15, 0.2) is 55.1 Å². The van der Waals surface area contributed by atoms with E-state index in [0.29, 0.717) is 39.6 Å². The minimum absolute atomic E-state index is 0.0935. The van der Waals surface area contributed by atoms with Gasteiger partial charge < -0.3 is 10.1 Å². The molecule has 0 aliphatic carbocycles. The van der Waals surface area contributed by atoms with E-state index in [2.05, 4.69) is 11.9 Å². The van der Waals surface area contributed by atoms with E-state index in [9.17, 15) is 4.79 Å². The molecule has 2 aromatic rings. The van der Waals surface area contributed by atoms with Gasteiger partial charge in [-0.25, -0.2) is 0 Å². The number of thioether (sulfide) groups is 1. The van der Waals surface area contributed by atoms with Crippen LogP contribution < -0.4 is 10.1 Å². The number of hydrogen-bond acceptors (Lipinski definition) is 3. The standard InChI is InChI=1S/C18H17Cl2NO2S/c1-2-9-23-14-6-3-5-13(10-14)21-18(22)12-24-11-15-16(19)7-4-8-17(15)20/h2-8,10H,1,9,11-12H2,(H,21,22). The predicted octanol–water partition coefficient (Wildman–Crippen LogP) is 5.43. The molecule has 0 fully saturated rings. The van der Waals surface area contributed by atoms with Gasteiger partial charge in [-0.2, -0.15) is 0 Å². The lowest BCUT2D eigenvalue weighted by molar-refractivity contribution is -0.113. The van der Waals surface area contributed by atoms with Crippen LogP contribution in [-0.4, -0.2) is 18.3 Å². The van der Waals surface area contributed by atoms with Crippen molar-refractivity contribution in [3.8, 4) is 5.75 Å². The number of anilines is 1. The molecule has 0 spiro atoms. The summed E-state index contributed by atoms with van der Waals surface area (Å²) in [4.78, 5) is 12.0. The second-order valence-corrected chi connectivity index (χ2v) is 6.67. The van der Waals surface area contributed by atoms with Gasteiger partial charge in [0.25, 0.3) is 0 Å². The van der Waals surface area contributed by atoms with Gasteiger partial charge in [0.15, 0.2) is 0 Å². The Morgan fingerprint density at radius 2 is 1.92 bits per heavy atom. The van der Waals surface area contributed by atoms with E-state index in [1.165, 1.54) is 11.8 Å². The van der Waals surface area contributed by atoms with Crippen LogP contribution >= 0.6 is 35.0 Å². The van der Waals surface area contributed by atoms with Crippen molar-refractivity contribution in [2.45, 2.75) is 5.75 Å². The van der Waals surface area contributed by atoms with E-state index in [1.807, 2.05) is 18.2 Å². The van der Waals surface area contributed by atoms with Gasteiger partial charge >= 0.3 is 0 Å². The molecule has 6 heteroatoms. The fourth-order valence-corrected chi connectivity index (χ4v) is 3.50. The first-order valence-electron chi connectivity index (χ1n) is 7.24. The average Bonchev–Trinajstić information content (AvgIpc) is 2.56. The third-order valence-corrected chi connectivity index (χ3v) is 4.69. The van der Waals surface area contributed by atoms with Crippen LogP contribution in [0, 0.1) is 0 Å². The molecule has 0 aliphatic heterocycles. The third-order valence-electron chi connectivity index (χ3n) is 3.03. The number of benzene rings is 2. The Morgan fingerprint density at radius 3 is 2.62 bits per heavy atom. The molecule has 0 aromatic heterocycles.